The smallest absolute Gasteiger partial charge is 0.226 e. The predicted octanol–water partition coefficient (Wildman–Crippen LogP) is 3.25. The summed E-state index contributed by atoms with van der Waals surface area (Å²) in [5.41, 5.74) is 0. The van der Waals surface area contributed by atoms with E-state index in [1.54, 1.807) is 6.29 Å². The van der Waals surface area contributed by atoms with E-state index in [-0.39, 0.29) is 6.61 Å². The van der Waals surface area contributed by atoms with Crippen LogP contribution >= 0.6 is 0 Å². The first kappa shape index (κ1) is 13.6. The first-order chi connectivity index (χ1) is 6.91. The van der Waals surface area contributed by atoms with Crippen molar-refractivity contribution in [1.29, 1.82) is 0 Å². The fourth-order valence-electron chi connectivity index (χ4n) is 1.45. The molecule has 2 heteroatoms. The molecule has 0 atom stereocenters. The highest BCUT2D eigenvalue weighted by atomic mass is 16.5. The second kappa shape index (κ2) is 12.6. The average molecular weight is 199 g/mol. The maximum Gasteiger partial charge on any atom is 0.226 e. The van der Waals surface area contributed by atoms with Crippen LogP contribution in [-0.2, 0) is 9.53 Å². The van der Waals surface area contributed by atoms with Gasteiger partial charge in [-0.2, -0.15) is 0 Å². The zero-order valence-corrected chi connectivity index (χ0v) is 9.39. The SMILES string of the molecule is CCCCCCCCCCOC[C]=O. The van der Waals surface area contributed by atoms with Crippen LogP contribution in [0.3, 0.4) is 0 Å². The molecule has 2 nitrogen and oxygen atoms in total. The Bertz CT molecular complexity index is 113. The average Bonchev–Trinajstić information content (AvgIpc) is 2.21. The van der Waals surface area contributed by atoms with E-state index in [0.29, 0.717) is 6.61 Å². The fraction of sp³-hybridized carbons (Fsp3) is 0.917. The van der Waals surface area contributed by atoms with Gasteiger partial charge < -0.3 is 4.74 Å². The number of ether oxygens (including phenoxy) is 1. The summed E-state index contributed by atoms with van der Waals surface area (Å²) in [6.45, 7) is 3.09. The molecule has 0 aromatic carbocycles. The van der Waals surface area contributed by atoms with Gasteiger partial charge in [0, 0.05) is 6.61 Å². The molecule has 0 aliphatic rings. The second-order valence-corrected chi connectivity index (χ2v) is 3.67. The summed E-state index contributed by atoms with van der Waals surface area (Å²) in [6, 6.07) is 0. The Hall–Kier alpha value is -0.370. The van der Waals surface area contributed by atoms with Gasteiger partial charge in [-0.25, -0.2) is 0 Å². The Balaban J connectivity index is 2.81. The highest BCUT2D eigenvalue weighted by Crippen LogP contribution is 2.08. The molecule has 0 unspecified atom stereocenters. The summed E-state index contributed by atoms with van der Waals surface area (Å²) in [4.78, 5) is 9.79. The van der Waals surface area contributed by atoms with Crippen molar-refractivity contribution in [1.82, 2.24) is 0 Å². The number of carbonyl (C=O) groups excluding carboxylic acids is 1. The van der Waals surface area contributed by atoms with Crippen LogP contribution in [-0.4, -0.2) is 19.5 Å². The first-order valence-electron chi connectivity index (χ1n) is 5.84. The predicted molar refractivity (Wildman–Crippen MR) is 59.1 cm³/mol. The van der Waals surface area contributed by atoms with Gasteiger partial charge in [0.05, 0.1) is 0 Å². The highest BCUT2D eigenvalue weighted by molar-refractivity contribution is 5.51. The Kier molecular flexibility index (Phi) is 12.3. The van der Waals surface area contributed by atoms with Gasteiger partial charge in [0.25, 0.3) is 0 Å². The molecule has 0 fully saturated rings. The van der Waals surface area contributed by atoms with Crippen molar-refractivity contribution in [2.75, 3.05) is 13.2 Å². The van der Waals surface area contributed by atoms with E-state index >= 15 is 0 Å². The van der Waals surface area contributed by atoms with Crippen LogP contribution < -0.4 is 0 Å². The first-order valence-corrected chi connectivity index (χ1v) is 5.84. The van der Waals surface area contributed by atoms with E-state index in [2.05, 4.69) is 6.92 Å². The topological polar surface area (TPSA) is 26.3 Å². The zero-order valence-electron chi connectivity index (χ0n) is 9.39. The molecule has 0 rings (SSSR count). The van der Waals surface area contributed by atoms with Gasteiger partial charge in [0.1, 0.15) is 6.61 Å². The quantitative estimate of drug-likeness (QED) is 0.477. The van der Waals surface area contributed by atoms with E-state index in [4.69, 9.17) is 4.74 Å². The largest absolute Gasteiger partial charge is 0.373 e. The van der Waals surface area contributed by atoms with E-state index in [1.807, 2.05) is 0 Å². The van der Waals surface area contributed by atoms with Crippen molar-refractivity contribution in [2.45, 2.75) is 58.3 Å². The third kappa shape index (κ3) is 11.6. The molecule has 0 bridgehead atoms. The third-order valence-corrected chi connectivity index (χ3v) is 2.30. The van der Waals surface area contributed by atoms with Gasteiger partial charge in [0.15, 0.2) is 0 Å². The van der Waals surface area contributed by atoms with Gasteiger partial charge >= 0.3 is 0 Å². The second-order valence-electron chi connectivity index (χ2n) is 3.67. The fourth-order valence-corrected chi connectivity index (χ4v) is 1.45. The lowest BCUT2D eigenvalue weighted by Crippen LogP contribution is -1.97. The lowest BCUT2D eigenvalue weighted by atomic mass is 10.1. The summed E-state index contributed by atoms with van der Waals surface area (Å²) < 4.78 is 5.00. The van der Waals surface area contributed by atoms with Crippen molar-refractivity contribution in [3.8, 4) is 0 Å². The van der Waals surface area contributed by atoms with Crippen LogP contribution in [0.5, 0.6) is 0 Å². The number of hydrogen-bond donors (Lipinski definition) is 0. The van der Waals surface area contributed by atoms with Gasteiger partial charge in [-0.15, -0.1) is 0 Å². The number of hydrogen-bond acceptors (Lipinski definition) is 2. The molecule has 0 saturated heterocycles. The minimum Gasteiger partial charge on any atom is -0.373 e. The van der Waals surface area contributed by atoms with Crippen molar-refractivity contribution in [2.24, 2.45) is 0 Å². The minimum atomic E-state index is 0.135. The summed E-state index contributed by atoms with van der Waals surface area (Å²) in [5, 5.41) is 0. The van der Waals surface area contributed by atoms with Gasteiger partial charge in [-0.3, -0.25) is 4.79 Å². The summed E-state index contributed by atoms with van der Waals surface area (Å²) >= 11 is 0. The molecule has 0 saturated carbocycles. The van der Waals surface area contributed by atoms with Crippen LogP contribution in [0.4, 0.5) is 0 Å². The molecule has 0 heterocycles. The van der Waals surface area contributed by atoms with Gasteiger partial charge in [-0.05, 0) is 6.42 Å². The van der Waals surface area contributed by atoms with E-state index in [9.17, 15) is 4.79 Å². The van der Waals surface area contributed by atoms with Gasteiger partial charge in [-0.1, -0.05) is 51.9 Å². The van der Waals surface area contributed by atoms with Crippen molar-refractivity contribution >= 4 is 6.29 Å². The molecular weight excluding hydrogens is 176 g/mol. The lowest BCUT2D eigenvalue weighted by Gasteiger charge is -2.01. The Morgan fingerprint density at radius 2 is 1.50 bits per heavy atom. The van der Waals surface area contributed by atoms with Crippen molar-refractivity contribution < 1.29 is 9.53 Å². The van der Waals surface area contributed by atoms with Crippen LogP contribution in [0, 0.1) is 0 Å². The Morgan fingerprint density at radius 3 is 2.07 bits per heavy atom. The van der Waals surface area contributed by atoms with Crippen LogP contribution in [0.15, 0.2) is 0 Å². The van der Waals surface area contributed by atoms with E-state index in [1.165, 1.54) is 44.9 Å². The molecule has 0 amide bonds. The third-order valence-electron chi connectivity index (χ3n) is 2.30. The molecule has 0 N–H and O–H groups in total. The molecule has 0 aliphatic carbocycles. The summed E-state index contributed by atoms with van der Waals surface area (Å²) in [6.07, 6.45) is 12.1. The van der Waals surface area contributed by atoms with Crippen LogP contribution in [0.2, 0.25) is 0 Å². The summed E-state index contributed by atoms with van der Waals surface area (Å²) in [5.74, 6) is 0. The maximum atomic E-state index is 9.79. The molecule has 0 spiro atoms. The number of unbranched alkanes of at least 4 members (excludes halogenated alkanes) is 7. The van der Waals surface area contributed by atoms with E-state index in [0.717, 1.165) is 6.42 Å². The van der Waals surface area contributed by atoms with Crippen LogP contribution in [0.25, 0.3) is 0 Å². The molecule has 0 aromatic heterocycles. The van der Waals surface area contributed by atoms with Crippen LogP contribution in [0.1, 0.15) is 58.3 Å². The normalized spacial score (nSPS) is 10.4. The Labute approximate surface area is 88.0 Å². The molecule has 0 aliphatic heterocycles. The number of rotatable bonds is 11. The molecule has 0 aromatic rings. The summed E-state index contributed by atoms with van der Waals surface area (Å²) in [7, 11) is 0. The monoisotopic (exact) mass is 199 g/mol. The Morgan fingerprint density at radius 1 is 0.929 bits per heavy atom. The maximum absolute atomic E-state index is 9.79. The highest BCUT2D eigenvalue weighted by Gasteiger charge is 1.91. The minimum absolute atomic E-state index is 0.135. The van der Waals surface area contributed by atoms with Crippen molar-refractivity contribution in [3.63, 3.8) is 0 Å². The molecule has 1 radical (unpaired) electrons. The molecule has 14 heavy (non-hydrogen) atoms. The zero-order chi connectivity index (χ0) is 10.5. The molecule has 83 valence electrons. The molecular formula is C12H23O2. The van der Waals surface area contributed by atoms with Crippen molar-refractivity contribution in [3.05, 3.63) is 0 Å². The standard InChI is InChI=1S/C12H23O2/c1-2-3-4-5-6-7-8-9-11-14-12-10-13/h2-9,11-12H2,1H3. The van der Waals surface area contributed by atoms with E-state index < -0.39 is 0 Å². The van der Waals surface area contributed by atoms with Gasteiger partial charge in [0.2, 0.25) is 6.29 Å². The lowest BCUT2D eigenvalue weighted by molar-refractivity contribution is 0.164.